The lowest BCUT2D eigenvalue weighted by atomic mass is 9.93. The molecule has 6 nitrogen and oxygen atoms in total. The molecule has 1 aliphatic rings. The summed E-state index contributed by atoms with van der Waals surface area (Å²) in [6.45, 7) is 3.03. The minimum absolute atomic E-state index is 0.0542. The Bertz CT molecular complexity index is 820. The molecule has 0 atom stereocenters. The second kappa shape index (κ2) is 6.46. The van der Waals surface area contributed by atoms with Crippen molar-refractivity contribution in [1.82, 2.24) is 9.55 Å². The number of aliphatic hydroxyl groups is 1. The van der Waals surface area contributed by atoms with Crippen LogP contribution in [0.1, 0.15) is 45.6 Å². The lowest BCUT2D eigenvalue weighted by Crippen LogP contribution is -2.29. The molecule has 142 valence electrons. The molecule has 26 heavy (non-hydrogen) atoms. The number of anilines is 1. The van der Waals surface area contributed by atoms with Gasteiger partial charge in [-0.2, -0.15) is 0 Å². The highest BCUT2D eigenvalue weighted by atomic mass is 19.4. The number of imidazole rings is 1. The van der Waals surface area contributed by atoms with Gasteiger partial charge in [0.2, 0.25) is 11.9 Å². The third-order valence-corrected chi connectivity index (χ3v) is 4.18. The number of nitrogens with one attached hydrogen (secondary N) is 1. The summed E-state index contributed by atoms with van der Waals surface area (Å²) in [4.78, 5) is 16.5. The molecule has 1 amide bonds. The van der Waals surface area contributed by atoms with Crippen LogP contribution >= 0.6 is 0 Å². The van der Waals surface area contributed by atoms with Gasteiger partial charge in [0.05, 0.1) is 23.1 Å². The van der Waals surface area contributed by atoms with E-state index in [0.717, 1.165) is 19.3 Å². The number of benzene rings is 1. The summed E-state index contributed by atoms with van der Waals surface area (Å²) in [5.74, 6) is -0.483. The van der Waals surface area contributed by atoms with E-state index in [4.69, 9.17) is 0 Å². The molecule has 2 N–H and O–H groups in total. The van der Waals surface area contributed by atoms with Crippen molar-refractivity contribution in [3.63, 3.8) is 0 Å². The maximum atomic E-state index is 12.5. The Hall–Kier alpha value is -2.29. The summed E-state index contributed by atoms with van der Waals surface area (Å²) in [5.41, 5.74) is -0.245. The van der Waals surface area contributed by atoms with E-state index in [1.165, 1.54) is 32.0 Å². The van der Waals surface area contributed by atoms with E-state index in [0.29, 0.717) is 11.0 Å². The average molecular weight is 371 g/mol. The molecule has 9 heteroatoms. The van der Waals surface area contributed by atoms with Gasteiger partial charge in [0.1, 0.15) is 5.75 Å². The summed E-state index contributed by atoms with van der Waals surface area (Å²) < 4.78 is 43.2. The summed E-state index contributed by atoms with van der Waals surface area (Å²) in [5, 5.41) is 12.4. The lowest BCUT2D eigenvalue weighted by Gasteiger charge is -2.29. The van der Waals surface area contributed by atoms with E-state index < -0.39 is 17.9 Å². The van der Waals surface area contributed by atoms with E-state index >= 15 is 0 Å². The van der Waals surface area contributed by atoms with Crippen molar-refractivity contribution in [2.45, 2.75) is 57.5 Å². The van der Waals surface area contributed by atoms with Gasteiger partial charge in [0.15, 0.2) is 0 Å². The van der Waals surface area contributed by atoms with Crippen LogP contribution in [0.15, 0.2) is 18.2 Å². The fourth-order valence-electron chi connectivity index (χ4n) is 2.93. The van der Waals surface area contributed by atoms with Gasteiger partial charge in [0, 0.05) is 12.1 Å². The van der Waals surface area contributed by atoms with Crippen molar-refractivity contribution >= 4 is 22.9 Å². The second-order valence-electron chi connectivity index (χ2n) is 7.13. The first-order valence-corrected chi connectivity index (χ1v) is 8.32. The van der Waals surface area contributed by atoms with Crippen LogP contribution in [0.4, 0.5) is 19.1 Å². The zero-order valence-corrected chi connectivity index (χ0v) is 14.4. The van der Waals surface area contributed by atoms with E-state index in [9.17, 15) is 23.1 Å². The molecule has 2 aromatic rings. The number of nitrogens with zero attached hydrogens (tertiary/aromatic N) is 2. The van der Waals surface area contributed by atoms with Crippen LogP contribution < -0.4 is 10.1 Å². The number of aromatic nitrogens is 2. The predicted octanol–water partition coefficient (Wildman–Crippen LogP) is 3.76. The highest BCUT2D eigenvalue weighted by Crippen LogP contribution is 2.38. The Morgan fingerprint density at radius 3 is 2.62 bits per heavy atom. The summed E-state index contributed by atoms with van der Waals surface area (Å²) >= 11 is 0. The number of hydrogen-bond donors (Lipinski definition) is 2. The summed E-state index contributed by atoms with van der Waals surface area (Å²) in [7, 11) is 0. The molecule has 1 aromatic carbocycles. The number of ether oxygens (including phenoxy) is 1. The second-order valence-corrected chi connectivity index (χ2v) is 7.13. The van der Waals surface area contributed by atoms with E-state index in [1.54, 1.807) is 4.57 Å². The van der Waals surface area contributed by atoms with Crippen molar-refractivity contribution in [2.75, 3.05) is 5.32 Å². The Kier molecular flexibility index (Phi) is 4.60. The van der Waals surface area contributed by atoms with Crippen LogP contribution in [0.2, 0.25) is 0 Å². The number of hydrogen-bond acceptors (Lipinski definition) is 4. The molecule has 0 radical (unpaired) electrons. The Morgan fingerprint density at radius 1 is 1.38 bits per heavy atom. The van der Waals surface area contributed by atoms with Crippen molar-refractivity contribution < 1.29 is 27.8 Å². The topological polar surface area (TPSA) is 76.4 Å². The van der Waals surface area contributed by atoms with Crippen LogP contribution in [-0.2, 0) is 4.79 Å². The fraction of sp³-hybridized carbons (Fsp3) is 0.529. The first-order valence-electron chi connectivity index (χ1n) is 8.32. The maximum Gasteiger partial charge on any atom is 0.573 e. The number of alkyl halides is 3. The highest BCUT2D eigenvalue weighted by molar-refractivity contribution is 5.92. The molecular formula is C17H20F3N3O3. The lowest BCUT2D eigenvalue weighted by molar-refractivity contribution is -0.274. The van der Waals surface area contributed by atoms with Gasteiger partial charge in [0.25, 0.3) is 0 Å². The third kappa shape index (κ3) is 4.27. The van der Waals surface area contributed by atoms with Gasteiger partial charge in [-0.05, 0) is 45.2 Å². The first kappa shape index (κ1) is 18.5. The monoisotopic (exact) mass is 371 g/mol. The van der Waals surface area contributed by atoms with Gasteiger partial charge in [-0.25, -0.2) is 4.98 Å². The number of halogens is 3. The summed E-state index contributed by atoms with van der Waals surface area (Å²) in [6.07, 6.45) is -2.20. The third-order valence-electron chi connectivity index (χ3n) is 4.18. The number of amides is 1. The molecule has 1 aliphatic carbocycles. The van der Waals surface area contributed by atoms with Gasteiger partial charge in [-0.3, -0.25) is 10.1 Å². The van der Waals surface area contributed by atoms with Crippen LogP contribution in [0.5, 0.6) is 5.75 Å². The Morgan fingerprint density at radius 2 is 2.08 bits per heavy atom. The molecule has 0 unspecified atom stereocenters. The fourth-order valence-corrected chi connectivity index (χ4v) is 2.93. The standard InChI is InChI=1S/C17H20F3N3O3/c1-16(2,25)9-14(24)22-15-21-12-7-6-11(26-17(18,19)20)8-13(12)23(15)10-4-3-5-10/h6-8,10,25H,3-5,9H2,1-2H3,(H,21,22,24). The molecule has 0 bridgehead atoms. The Labute approximate surface area is 148 Å². The molecule has 0 aliphatic heterocycles. The highest BCUT2D eigenvalue weighted by Gasteiger charge is 2.32. The molecule has 3 rings (SSSR count). The predicted molar refractivity (Wildman–Crippen MR) is 88.8 cm³/mol. The molecule has 1 fully saturated rings. The van der Waals surface area contributed by atoms with E-state index in [-0.39, 0.29) is 24.2 Å². The zero-order valence-electron chi connectivity index (χ0n) is 14.4. The summed E-state index contributed by atoms with van der Waals surface area (Å²) in [6, 6.07) is 3.95. The molecule has 1 saturated carbocycles. The molecular weight excluding hydrogens is 351 g/mol. The van der Waals surface area contributed by atoms with Gasteiger partial charge >= 0.3 is 6.36 Å². The SMILES string of the molecule is CC(C)(O)CC(=O)Nc1nc2ccc(OC(F)(F)F)cc2n1C1CCC1. The number of carbonyl (C=O) groups is 1. The first-order chi connectivity index (χ1) is 12.0. The quantitative estimate of drug-likeness (QED) is 0.839. The molecule has 1 aromatic heterocycles. The van der Waals surface area contributed by atoms with Crippen molar-refractivity contribution in [2.24, 2.45) is 0 Å². The van der Waals surface area contributed by atoms with Gasteiger partial charge in [-0.1, -0.05) is 0 Å². The van der Waals surface area contributed by atoms with E-state index in [1.807, 2.05) is 0 Å². The van der Waals surface area contributed by atoms with Crippen molar-refractivity contribution in [3.8, 4) is 5.75 Å². The van der Waals surface area contributed by atoms with Crippen LogP contribution in [0, 0.1) is 0 Å². The van der Waals surface area contributed by atoms with Crippen LogP contribution in [0.25, 0.3) is 11.0 Å². The van der Waals surface area contributed by atoms with E-state index in [2.05, 4.69) is 15.0 Å². The molecule has 0 spiro atoms. The van der Waals surface area contributed by atoms with Crippen molar-refractivity contribution in [3.05, 3.63) is 18.2 Å². The largest absolute Gasteiger partial charge is 0.573 e. The van der Waals surface area contributed by atoms with Gasteiger partial charge < -0.3 is 14.4 Å². The maximum absolute atomic E-state index is 12.5. The molecule has 0 saturated heterocycles. The van der Waals surface area contributed by atoms with Crippen molar-refractivity contribution in [1.29, 1.82) is 0 Å². The normalized spacial score (nSPS) is 15.8. The minimum atomic E-state index is -4.78. The number of rotatable bonds is 5. The number of carbonyl (C=O) groups excluding carboxylic acids is 1. The smallest absolute Gasteiger partial charge is 0.406 e. The Balaban J connectivity index is 1.96. The average Bonchev–Trinajstić information content (AvgIpc) is 2.71. The van der Waals surface area contributed by atoms with Crippen LogP contribution in [0.3, 0.4) is 0 Å². The zero-order chi connectivity index (χ0) is 19.1. The number of fused-ring (bicyclic) bond motifs is 1. The van der Waals surface area contributed by atoms with Crippen LogP contribution in [-0.4, -0.2) is 32.5 Å². The van der Waals surface area contributed by atoms with Gasteiger partial charge in [-0.15, -0.1) is 13.2 Å². The molecule has 1 heterocycles. The minimum Gasteiger partial charge on any atom is -0.406 e.